The molecule has 5 aliphatic rings. The van der Waals surface area contributed by atoms with Gasteiger partial charge in [0.2, 0.25) is 41.4 Å². The number of carbonyl (C=O) groups is 8. The number of phenolic OH excluding ortho intramolecular Hbond substituents is 1. The predicted octanol–water partition coefficient (Wildman–Crippen LogP) is -4.31. The summed E-state index contributed by atoms with van der Waals surface area (Å²) in [4.78, 5) is 121. The molecule has 0 spiro atoms. The normalized spacial score (nSPS) is 25.8. The van der Waals surface area contributed by atoms with Gasteiger partial charge in [-0.3, -0.25) is 48.3 Å². The van der Waals surface area contributed by atoms with Crippen LogP contribution in [0.25, 0.3) is 32.3 Å². The maximum Gasteiger partial charge on any atom is 1.00 e. The fourth-order valence-corrected chi connectivity index (χ4v) is 14.5. The van der Waals surface area contributed by atoms with Crippen LogP contribution in [-0.2, 0) is 49.4 Å². The maximum atomic E-state index is 14.7. The van der Waals surface area contributed by atoms with Gasteiger partial charge in [-0.2, -0.15) is 0 Å². The number of amides is 8. The van der Waals surface area contributed by atoms with Crippen molar-refractivity contribution in [3.63, 3.8) is 0 Å². The molecular weight excluding hydrogens is 1350 g/mol. The van der Waals surface area contributed by atoms with Gasteiger partial charge < -0.3 is 92.2 Å². The Balaban J connectivity index is 0.0000117. The number of nitrogens with one attached hydrogen (secondary N) is 5. The first-order valence-electron chi connectivity index (χ1n) is 32.7. The second kappa shape index (κ2) is 35.0. The molecule has 10 rings (SSSR count). The summed E-state index contributed by atoms with van der Waals surface area (Å²) >= 11 is 1.31. The molecular formula is C66H81N12NaO19S2. The number of aromatic nitrogens is 2. The molecule has 4 aliphatic heterocycles. The Kier molecular flexibility index (Phi) is 26.8. The number of primary amides is 1. The van der Waals surface area contributed by atoms with Crippen LogP contribution in [0.2, 0.25) is 0 Å². The molecule has 5 aromatic rings. The van der Waals surface area contributed by atoms with E-state index in [0.717, 1.165) is 77.8 Å². The summed E-state index contributed by atoms with van der Waals surface area (Å²) in [7, 11) is 0. The molecule has 13 unspecified atom stereocenters. The van der Waals surface area contributed by atoms with E-state index in [1.165, 1.54) is 74.3 Å². The second-order valence-electron chi connectivity index (χ2n) is 25.7. The van der Waals surface area contributed by atoms with Crippen molar-refractivity contribution in [2.24, 2.45) is 11.7 Å². The van der Waals surface area contributed by atoms with Gasteiger partial charge in [-0.25, -0.2) is 0 Å². The van der Waals surface area contributed by atoms with Crippen molar-refractivity contribution in [1.82, 2.24) is 51.5 Å². The van der Waals surface area contributed by atoms with Gasteiger partial charge in [-0.15, -0.1) is 14.5 Å². The Labute approximate surface area is 605 Å². The molecule has 100 heavy (non-hydrogen) atoms. The predicted molar refractivity (Wildman–Crippen MR) is 354 cm³/mol. The van der Waals surface area contributed by atoms with Crippen LogP contribution >= 0.6 is 23.7 Å². The summed E-state index contributed by atoms with van der Waals surface area (Å²) in [6.07, 6.45) is -7.07. The van der Waals surface area contributed by atoms with Crippen LogP contribution in [0.15, 0.2) is 91.0 Å². The van der Waals surface area contributed by atoms with Crippen molar-refractivity contribution in [2.45, 2.75) is 151 Å². The Morgan fingerprint density at radius 2 is 1.32 bits per heavy atom. The average molecular weight is 1430 g/mol. The van der Waals surface area contributed by atoms with Crippen LogP contribution in [0.4, 0.5) is 5.69 Å². The topological polar surface area (TPSA) is 454 Å². The first kappa shape index (κ1) is 76.7. The first-order chi connectivity index (χ1) is 47.4. The van der Waals surface area contributed by atoms with Gasteiger partial charge in [0.05, 0.1) is 43.0 Å². The van der Waals surface area contributed by atoms with E-state index >= 15 is 0 Å². The monoisotopic (exact) mass is 1430 g/mol. The summed E-state index contributed by atoms with van der Waals surface area (Å²) in [6, 6.07) is 15.2. The maximum absolute atomic E-state index is 14.7. The van der Waals surface area contributed by atoms with Crippen molar-refractivity contribution >= 4 is 76.6 Å². The molecule has 1 aliphatic carbocycles. The van der Waals surface area contributed by atoms with Gasteiger partial charge in [-0.1, -0.05) is 92.1 Å². The minimum atomic E-state index is -2.22. The third-order valence-corrected chi connectivity index (χ3v) is 20.1. The molecule has 4 aromatic carbocycles. The summed E-state index contributed by atoms with van der Waals surface area (Å²) < 4.78 is 9.17. The van der Waals surface area contributed by atoms with Crippen molar-refractivity contribution in [3.05, 3.63) is 102 Å². The molecule has 13 atom stereocenters. The number of nitrogens with zero attached hydrogens (tertiary/aromatic N) is 6. The number of β-amino-alcohol motifs (C(OH)–C–C–N with tert-alkyl or cyclic N) is 1. The SMILES string of the molecule is CC(O)C1NC(=O)C(NC(=O)c2ccc(-c3nnc(-c4ccc(-c5ccc(N6CCN(C7CCCCC7)CC6)cc5)cc4)s3)cc2)CC(O)CNC(=O)C2C(O)C(C)CN2C(=O)C(C(O)CC(N)=O)NC(=O)C(C(O)Cc2ccc(O)c(OSOO[O-])c2)NC(=O)C2CC(O)CN2C1=O.[Na+]. The number of nitrogens with two attached hydrogens (primary N) is 1. The molecule has 5 fully saturated rings. The molecule has 532 valence electrons. The zero-order chi connectivity index (χ0) is 70.8. The Bertz CT molecular complexity index is 3680. The van der Waals surface area contributed by atoms with Gasteiger partial charge in [0.25, 0.3) is 18.2 Å². The van der Waals surface area contributed by atoms with E-state index in [9.17, 15) is 79.4 Å². The smallest absolute Gasteiger partial charge is 0.691 e. The van der Waals surface area contributed by atoms with Crippen LogP contribution in [0, 0.1) is 5.92 Å². The number of carbonyl (C=O) groups excluding carboxylic acids is 8. The van der Waals surface area contributed by atoms with Gasteiger partial charge in [0.15, 0.2) is 11.5 Å². The Morgan fingerprint density at radius 1 is 0.720 bits per heavy atom. The Morgan fingerprint density at radius 3 is 1.95 bits per heavy atom. The fourth-order valence-electron chi connectivity index (χ4n) is 13.3. The van der Waals surface area contributed by atoms with Crippen molar-refractivity contribution in [1.29, 1.82) is 0 Å². The van der Waals surface area contributed by atoms with Crippen LogP contribution < -0.4 is 76.2 Å². The minimum Gasteiger partial charge on any atom is -0.691 e. The van der Waals surface area contributed by atoms with Gasteiger partial charge in [-0.05, 0) is 72.9 Å². The molecule has 8 amide bonds. The first-order valence-corrected chi connectivity index (χ1v) is 34.2. The minimum absolute atomic E-state index is 0. The van der Waals surface area contributed by atoms with E-state index in [1.54, 1.807) is 12.1 Å². The summed E-state index contributed by atoms with van der Waals surface area (Å²) in [5.41, 5.74) is 10.2. The van der Waals surface area contributed by atoms with E-state index in [4.69, 9.17) is 9.92 Å². The standard InChI is InChI=1S/C66H82N12O19S2.Na/c1-34-32-78-56(57(34)86)62(91)68-31-44(80)28-46(69-58(87)39-11-15-41(16-12-39)64-74-73-63(98-64)40-13-9-37(10-14-40)38-17-19-43(20-18-38)76-24-22-75(23-25-76)42-6-4-3-5-7-42)59(88)70-53(35(2)79)65(92)77-33-45(81)29-47(77)60(89)71-54(61(90)72-55(66(78)93)50(84)30-52(67)85)49(83)26-36-8-21-48(82)51(27-36)95-99-97-96-94;/h8-21,27,34-35,42,44-47,49-50,53-57,79-84,86,94H,3-7,22-26,28-33H2,1-2H3,(H2,67,85)(H,68,91)(H,69,87)(H,70,88)(H,71,89)(H,72,90);/q;+1/p-1. The average Bonchev–Trinajstić information content (AvgIpc) is 1.60. The number of benzene rings is 4. The van der Waals surface area contributed by atoms with Crippen LogP contribution in [0.1, 0.15) is 81.1 Å². The molecule has 0 bridgehead atoms. The zero-order valence-electron chi connectivity index (χ0n) is 55.2. The van der Waals surface area contributed by atoms with E-state index in [1.807, 2.05) is 24.3 Å². The number of aromatic hydroxyl groups is 1. The van der Waals surface area contributed by atoms with Crippen LogP contribution in [0.5, 0.6) is 11.5 Å². The van der Waals surface area contributed by atoms with E-state index in [2.05, 4.69) is 80.2 Å². The van der Waals surface area contributed by atoms with E-state index in [-0.39, 0.29) is 58.8 Å². The van der Waals surface area contributed by atoms with Gasteiger partial charge in [0.1, 0.15) is 46.3 Å². The molecule has 31 nitrogen and oxygen atoms in total. The number of hydrogen-bond acceptors (Lipinski definition) is 25. The van der Waals surface area contributed by atoms with Crippen LogP contribution in [-0.4, -0.2) is 233 Å². The summed E-state index contributed by atoms with van der Waals surface area (Å²) in [6.45, 7) is 5.03. The number of hydrogen-bond donors (Lipinski definition) is 13. The number of phenols is 1. The molecule has 1 saturated carbocycles. The number of aliphatic hydroxyl groups excluding tert-OH is 6. The molecule has 0 radical (unpaired) electrons. The molecule has 14 N–H and O–H groups in total. The van der Waals surface area contributed by atoms with Crippen molar-refractivity contribution in [3.8, 4) is 43.8 Å². The number of piperazine rings is 1. The summed E-state index contributed by atoms with van der Waals surface area (Å²) in [5.74, 6) is -11.2. The fraction of sp³-hybridized carbons (Fsp3) is 0.485. The van der Waals surface area contributed by atoms with Gasteiger partial charge >= 0.3 is 29.6 Å². The number of anilines is 1. The van der Waals surface area contributed by atoms with E-state index < -0.39 is 177 Å². The third-order valence-electron chi connectivity index (χ3n) is 18.7. The number of aliphatic hydroxyl groups is 6. The quantitative estimate of drug-likeness (QED) is 0.0130. The summed E-state index contributed by atoms with van der Waals surface area (Å²) in [5, 5.41) is 115. The Hall–Kier alpha value is -7.45. The van der Waals surface area contributed by atoms with Crippen molar-refractivity contribution < 1.29 is 122 Å². The molecule has 5 heterocycles. The molecule has 4 saturated heterocycles. The molecule has 1 aromatic heterocycles. The zero-order valence-corrected chi connectivity index (χ0v) is 58.8. The van der Waals surface area contributed by atoms with Crippen molar-refractivity contribution in [2.75, 3.05) is 50.7 Å². The third kappa shape index (κ3) is 18.8. The largest absolute Gasteiger partial charge is 1.00 e. The van der Waals surface area contributed by atoms with E-state index in [0.29, 0.717) is 15.6 Å². The second-order valence-corrected chi connectivity index (χ2v) is 27.1. The molecule has 34 heteroatoms. The van der Waals surface area contributed by atoms with Crippen LogP contribution in [0.3, 0.4) is 0 Å². The van der Waals surface area contributed by atoms with Gasteiger partial charge in [0, 0.05) is 99.4 Å². The number of rotatable bonds is 18. The number of fused-ring (bicyclic) bond motifs is 2.